The van der Waals surface area contributed by atoms with Crippen molar-refractivity contribution in [3.05, 3.63) is 81.4 Å². The summed E-state index contributed by atoms with van der Waals surface area (Å²) in [6.45, 7) is 0. The number of aromatic hydroxyl groups is 1. The van der Waals surface area contributed by atoms with Gasteiger partial charge < -0.3 is 14.6 Å². The number of phenols is 1. The van der Waals surface area contributed by atoms with Crippen molar-refractivity contribution < 1.29 is 33.8 Å². The van der Waals surface area contributed by atoms with Crippen LogP contribution in [0.15, 0.2) is 75.8 Å². The van der Waals surface area contributed by atoms with Crippen molar-refractivity contribution in [3.8, 4) is 17.2 Å². The van der Waals surface area contributed by atoms with Crippen LogP contribution in [0, 0.1) is 17.8 Å². The van der Waals surface area contributed by atoms with E-state index in [-0.39, 0.29) is 56.9 Å². The fourth-order valence-electron chi connectivity index (χ4n) is 6.53. The molecule has 2 aromatic carbocycles. The van der Waals surface area contributed by atoms with Crippen LogP contribution in [0.25, 0.3) is 0 Å². The molecular formula is C30H24BrNO7. The molecule has 0 radical (unpaired) electrons. The molecule has 9 heteroatoms. The van der Waals surface area contributed by atoms with E-state index in [0.717, 1.165) is 5.57 Å². The van der Waals surface area contributed by atoms with Crippen LogP contribution in [-0.2, 0) is 19.2 Å². The standard InChI is InChI=1S/C30H24BrNO7/c1-38-15-10-21(33)27(23(11-15)39-2)26-16-8-9-17-24(30(37)32(29(17)36)14-6-4-3-5-7-14)18(16)12-19-25(26)22(34)13-20(31)28(19)35/h3-8,10-11,13,17-18,24,26,33H,9,12H2,1-2H3. The van der Waals surface area contributed by atoms with E-state index in [1.807, 2.05) is 12.1 Å². The summed E-state index contributed by atoms with van der Waals surface area (Å²) in [4.78, 5) is 55.5. The molecule has 6 rings (SSSR count). The van der Waals surface area contributed by atoms with Crippen molar-refractivity contribution in [2.45, 2.75) is 18.8 Å². The molecule has 4 aliphatic rings. The van der Waals surface area contributed by atoms with Crippen molar-refractivity contribution in [2.75, 3.05) is 19.1 Å². The van der Waals surface area contributed by atoms with Crippen molar-refractivity contribution >= 4 is 45.0 Å². The van der Waals surface area contributed by atoms with Gasteiger partial charge in [0.05, 0.1) is 36.2 Å². The Morgan fingerprint density at radius 3 is 2.41 bits per heavy atom. The van der Waals surface area contributed by atoms with Crippen LogP contribution >= 0.6 is 15.9 Å². The molecule has 1 fully saturated rings. The first-order valence-electron chi connectivity index (χ1n) is 12.5. The van der Waals surface area contributed by atoms with Crippen LogP contribution < -0.4 is 14.4 Å². The van der Waals surface area contributed by atoms with Crippen molar-refractivity contribution in [1.29, 1.82) is 0 Å². The highest BCUT2D eigenvalue weighted by Crippen LogP contribution is 2.58. The molecular weight excluding hydrogens is 566 g/mol. The van der Waals surface area contributed by atoms with Crippen molar-refractivity contribution in [3.63, 3.8) is 0 Å². The van der Waals surface area contributed by atoms with Gasteiger partial charge in [-0.25, -0.2) is 0 Å². The van der Waals surface area contributed by atoms with Crippen LogP contribution in [0.1, 0.15) is 24.3 Å². The molecule has 4 unspecified atom stereocenters. The number of Topliss-reactive ketones (excluding diaryl/α,β-unsaturated/α-hetero) is 1. The number of amides is 2. The van der Waals surface area contributed by atoms with E-state index in [1.165, 1.54) is 31.3 Å². The fourth-order valence-corrected chi connectivity index (χ4v) is 6.98. The van der Waals surface area contributed by atoms with E-state index in [1.54, 1.807) is 30.3 Å². The van der Waals surface area contributed by atoms with E-state index in [9.17, 15) is 24.3 Å². The molecule has 39 heavy (non-hydrogen) atoms. The summed E-state index contributed by atoms with van der Waals surface area (Å²) in [7, 11) is 2.90. The van der Waals surface area contributed by atoms with E-state index >= 15 is 0 Å². The lowest BCUT2D eigenvalue weighted by Crippen LogP contribution is -2.39. The van der Waals surface area contributed by atoms with Gasteiger partial charge >= 0.3 is 0 Å². The highest BCUT2D eigenvalue weighted by molar-refractivity contribution is 9.12. The molecule has 3 aliphatic carbocycles. The maximum absolute atomic E-state index is 13.9. The zero-order valence-corrected chi connectivity index (χ0v) is 22.7. The third kappa shape index (κ3) is 3.71. The second kappa shape index (κ2) is 9.34. The van der Waals surface area contributed by atoms with Crippen molar-refractivity contribution in [2.24, 2.45) is 17.8 Å². The molecule has 2 aromatic rings. The van der Waals surface area contributed by atoms with Crippen LogP contribution in [0.3, 0.4) is 0 Å². The number of imide groups is 1. The second-order valence-corrected chi connectivity index (χ2v) is 10.9. The molecule has 1 saturated heterocycles. The minimum absolute atomic E-state index is 0.132. The van der Waals surface area contributed by atoms with Crippen LogP contribution in [0.5, 0.6) is 17.2 Å². The summed E-state index contributed by atoms with van der Waals surface area (Å²) in [5.74, 6) is -3.52. The number of carbonyl (C=O) groups excluding carboxylic acids is 4. The second-order valence-electron chi connectivity index (χ2n) is 10.0. The Morgan fingerprint density at radius 1 is 0.974 bits per heavy atom. The number of ether oxygens (including phenoxy) is 2. The molecule has 8 nitrogen and oxygen atoms in total. The summed E-state index contributed by atoms with van der Waals surface area (Å²) in [5.41, 5.74) is 2.05. The first-order chi connectivity index (χ1) is 18.8. The molecule has 2 amide bonds. The smallest absolute Gasteiger partial charge is 0.238 e. The topological polar surface area (TPSA) is 110 Å². The van der Waals surface area contributed by atoms with Crippen LogP contribution in [-0.4, -0.2) is 42.7 Å². The first-order valence-corrected chi connectivity index (χ1v) is 13.3. The largest absolute Gasteiger partial charge is 0.507 e. The van der Waals surface area contributed by atoms with Gasteiger partial charge in [0.1, 0.15) is 17.2 Å². The summed E-state index contributed by atoms with van der Waals surface area (Å²) < 4.78 is 11.0. The Hall–Kier alpha value is -3.98. The third-order valence-corrected chi connectivity index (χ3v) is 8.77. The number of halogens is 1. The molecule has 0 spiro atoms. The van der Waals surface area contributed by atoms with Gasteiger partial charge in [-0.15, -0.1) is 0 Å². The number of allylic oxidation sites excluding steroid dienone is 6. The zero-order chi connectivity index (χ0) is 27.6. The summed E-state index contributed by atoms with van der Waals surface area (Å²) in [5, 5.41) is 11.2. The predicted molar refractivity (Wildman–Crippen MR) is 145 cm³/mol. The molecule has 0 aromatic heterocycles. The van der Waals surface area contributed by atoms with Gasteiger partial charge in [0.15, 0.2) is 11.6 Å². The quantitative estimate of drug-likeness (QED) is 0.320. The highest BCUT2D eigenvalue weighted by atomic mass is 79.9. The Morgan fingerprint density at radius 2 is 1.72 bits per heavy atom. The van der Waals surface area contributed by atoms with Gasteiger partial charge in [-0.05, 0) is 46.8 Å². The van der Waals surface area contributed by atoms with E-state index in [4.69, 9.17) is 9.47 Å². The lowest BCUT2D eigenvalue weighted by Gasteiger charge is -2.42. The van der Waals surface area contributed by atoms with Crippen LogP contribution in [0.4, 0.5) is 5.69 Å². The average molecular weight is 590 g/mol. The summed E-state index contributed by atoms with van der Waals surface area (Å²) in [6.07, 6.45) is 3.57. The maximum Gasteiger partial charge on any atom is 0.238 e. The SMILES string of the molecule is COc1cc(O)c(C2C3=CCC4C(=O)N(c5ccccc5)C(=O)C4C3CC3=C2C(=O)C=C(Br)C3=O)c(OC)c1. The lowest BCUT2D eigenvalue weighted by molar-refractivity contribution is -0.123. The predicted octanol–water partition coefficient (Wildman–Crippen LogP) is 4.38. The van der Waals surface area contributed by atoms with Gasteiger partial charge in [-0.1, -0.05) is 29.8 Å². The number of phenolic OH excluding ortho intramolecular Hbond substituents is 1. The maximum atomic E-state index is 13.9. The number of anilines is 1. The van der Waals surface area contributed by atoms with Crippen LogP contribution in [0.2, 0.25) is 0 Å². The number of para-hydroxylation sites is 1. The number of hydrogen-bond acceptors (Lipinski definition) is 7. The van der Waals surface area contributed by atoms with Gasteiger partial charge in [-0.2, -0.15) is 0 Å². The number of methoxy groups -OCH3 is 2. The Kier molecular flexibility index (Phi) is 6.06. The number of benzene rings is 2. The highest BCUT2D eigenvalue weighted by Gasteiger charge is 2.57. The van der Waals surface area contributed by atoms with Crippen molar-refractivity contribution in [1.82, 2.24) is 0 Å². The average Bonchev–Trinajstić information content (AvgIpc) is 3.20. The molecule has 0 saturated carbocycles. The molecule has 4 atom stereocenters. The third-order valence-electron chi connectivity index (χ3n) is 8.18. The number of rotatable bonds is 4. The minimum Gasteiger partial charge on any atom is -0.507 e. The Labute approximate surface area is 232 Å². The summed E-state index contributed by atoms with van der Waals surface area (Å²) >= 11 is 3.22. The van der Waals surface area contributed by atoms with E-state index in [0.29, 0.717) is 23.4 Å². The van der Waals surface area contributed by atoms with E-state index < -0.39 is 23.7 Å². The Bertz CT molecular complexity index is 1550. The van der Waals surface area contributed by atoms with Gasteiger partial charge in [0.25, 0.3) is 0 Å². The normalized spacial score (nSPS) is 26.1. The van der Waals surface area contributed by atoms with Gasteiger partial charge in [0.2, 0.25) is 11.8 Å². The molecule has 0 bridgehead atoms. The zero-order valence-electron chi connectivity index (χ0n) is 21.1. The van der Waals surface area contributed by atoms with Gasteiger partial charge in [-0.3, -0.25) is 24.1 Å². The molecule has 1 aliphatic heterocycles. The molecule has 1 N–H and O–H groups in total. The number of carbonyl (C=O) groups is 4. The lowest BCUT2D eigenvalue weighted by atomic mass is 9.59. The molecule has 198 valence electrons. The number of hydrogen-bond donors (Lipinski definition) is 1. The van der Waals surface area contributed by atoms with Gasteiger partial charge in [0, 0.05) is 40.8 Å². The first kappa shape index (κ1) is 25.3. The molecule has 1 heterocycles. The Balaban J connectivity index is 1.54. The fraction of sp³-hybridized carbons (Fsp3) is 0.267. The minimum atomic E-state index is -0.845. The number of fused-ring (bicyclic) bond motifs is 3. The monoisotopic (exact) mass is 589 g/mol. The number of nitrogens with zero attached hydrogens (tertiary/aromatic N) is 1. The van der Waals surface area contributed by atoms with E-state index in [2.05, 4.69) is 15.9 Å². The number of ketones is 2. The summed E-state index contributed by atoms with van der Waals surface area (Å²) in [6, 6.07) is 11.8.